The highest BCUT2D eigenvalue weighted by molar-refractivity contribution is 5.95. The molecule has 2 aromatic rings. The predicted octanol–water partition coefficient (Wildman–Crippen LogP) is 3.19. The Balaban J connectivity index is 1.49. The molecule has 2 heterocycles. The average molecular weight is 339 g/mol. The molecule has 130 valence electrons. The quantitative estimate of drug-likeness (QED) is 0.862. The van der Waals surface area contributed by atoms with Crippen molar-refractivity contribution in [3.05, 3.63) is 59.7 Å². The van der Waals surface area contributed by atoms with E-state index in [2.05, 4.69) is 12.1 Å². The summed E-state index contributed by atoms with van der Waals surface area (Å²) in [7, 11) is 1.75. The van der Waals surface area contributed by atoms with Crippen LogP contribution in [0, 0.1) is 0 Å². The molecule has 2 aliphatic rings. The summed E-state index contributed by atoms with van der Waals surface area (Å²) in [5, 5.41) is 0. The molecule has 1 amide bonds. The summed E-state index contributed by atoms with van der Waals surface area (Å²) >= 11 is 0. The number of nitrogens with zero attached hydrogens (tertiary/aromatic N) is 1. The van der Waals surface area contributed by atoms with Gasteiger partial charge in [-0.15, -0.1) is 0 Å². The molecule has 0 N–H and O–H groups in total. The van der Waals surface area contributed by atoms with E-state index in [-0.39, 0.29) is 18.3 Å². The molecule has 4 rings (SSSR count). The van der Waals surface area contributed by atoms with Gasteiger partial charge in [-0.3, -0.25) is 4.79 Å². The van der Waals surface area contributed by atoms with Crippen molar-refractivity contribution in [2.45, 2.75) is 18.4 Å². The van der Waals surface area contributed by atoms with Gasteiger partial charge in [0.05, 0.1) is 5.60 Å². The van der Waals surface area contributed by atoms with E-state index in [9.17, 15) is 4.79 Å². The third-order valence-corrected chi connectivity index (χ3v) is 5.17. The van der Waals surface area contributed by atoms with Crippen LogP contribution in [0.15, 0.2) is 48.5 Å². The van der Waals surface area contributed by atoms with Crippen molar-refractivity contribution in [1.29, 1.82) is 0 Å². The van der Waals surface area contributed by atoms with Crippen LogP contribution in [0.25, 0.3) is 0 Å². The first-order valence-corrected chi connectivity index (χ1v) is 8.51. The number of amides is 1. The Labute approximate surface area is 147 Å². The summed E-state index contributed by atoms with van der Waals surface area (Å²) < 4.78 is 16.6. The highest BCUT2D eigenvalue weighted by Gasteiger charge is 2.37. The van der Waals surface area contributed by atoms with Crippen molar-refractivity contribution in [3.8, 4) is 11.5 Å². The van der Waals surface area contributed by atoms with Crippen molar-refractivity contribution < 1.29 is 19.0 Å². The normalized spacial score (nSPS) is 18.2. The molecular weight excluding hydrogens is 318 g/mol. The van der Waals surface area contributed by atoms with E-state index in [0.717, 1.165) is 12.8 Å². The zero-order valence-electron chi connectivity index (χ0n) is 14.2. The Bertz CT molecular complexity index is 767. The van der Waals surface area contributed by atoms with Crippen LogP contribution >= 0.6 is 0 Å². The van der Waals surface area contributed by atoms with Gasteiger partial charge in [0.25, 0.3) is 5.91 Å². The fourth-order valence-corrected chi connectivity index (χ4v) is 3.64. The topological polar surface area (TPSA) is 48.0 Å². The maximum atomic E-state index is 12.8. The highest BCUT2D eigenvalue weighted by atomic mass is 16.7. The number of hydrogen-bond acceptors (Lipinski definition) is 4. The molecule has 0 saturated carbocycles. The molecule has 2 aromatic carbocycles. The maximum absolute atomic E-state index is 12.8. The van der Waals surface area contributed by atoms with Crippen LogP contribution in [0.2, 0.25) is 0 Å². The molecule has 1 fully saturated rings. The standard InChI is InChI=1S/C20H21NO4/c1-23-20(16-5-3-2-4-6-16)9-11-21(12-10-20)19(22)15-7-8-17-18(13-15)25-14-24-17/h2-8,13H,9-12,14H2,1H3. The Morgan fingerprint density at radius 1 is 1.04 bits per heavy atom. The van der Waals surface area contributed by atoms with E-state index in [1.165, 1.54) is 5.56 Å². The molecule has 25 heavy (non-hydrogen) atoms. The van der Waals surface area contributed by atoms with Gasteiger partial charge < -0.3 is 19.1 Å². The third-order valence-electron chi connectivity index (χ3n) is 5.17. The highest BCUT2D eigenvalue weighted by Crippen LogP contribution is 2.37. The Kier molecular flexibility index (Phi) is 4.09. The molecule has 0 unspecified atom stereocenters. The van der Waals surface area contributed by atoms with Crippen LogP contribution in [0.5, 0.6) is 11.5 Å². The molecule has 0 spiro atoms. The molecule has 0 aromatic heterocycles. The number of likely N-dealkylation sites (tertiary alicyclic amines) is 1. The van der Waals surface area contributed by atoms with Crippen LogP contribution in [-0.4, -0.2) is 37.8 Å². The summed E-state index contributed by atoms with van der Waals surface area (Å²) in [4.78, 5) is 14.7. The van der Waals surface area contributed by atoms with E-state index in [0.29, 0.717) is 30.2 Å². The number of carbonyl (C=O) groups is 1. The largest absolute Gasteiger partial charge is 0.454 e. The van der Waals surface area contributed by atoms with E-state index in [1.54, 1.807) is 25.3 Å². The van der Waals surface area contributed by atoms with Crippen molar-refractivity contribution >= 4 is 5.91 Å². The second kappa shape index (κ2) is 6.41. The van der Waals surface area contributed by atoms with Gasteiger partial charge in [0.15, 0.2) is 11.5 Å². The number of carbonyl (C=O) groups excluding carboxylic acids is 1. The average Bonchev–Trinajstić information content (AvgIpc) is 3.16. The first-order valence-electron chi connectivity index (χ1n) is 8.51. The molecule has 5 heteroatoms. The van der Waals surface area contributed by atoms with Gasteiger partial charge in [-0.05, 0) is 36.6 Å². The minimum absolute atomic E-state index is 0.0241. The Hall–Kier alpha value is -2.53. The monoisotopic (exact) mass is 339 g/mol. The van der Waals surface area contributed by atoms with Crippen LogP contribution in [0.1, 0.15) is 28.8 Å². The fourth-order valence-electron chi connectivity index (χ4n) is 3.64. The van der Waals surface area contributed by atoms with E-state index < -0.39 is 0 Å². The number of fused-ring (bicyclic) bond motifs is 1. The molecular formula is C20H21NO4. The smallest absolute Gasteiger partial charge is 0.253 e. The van der Waals surface area contributed by atoms with Crippen LogP contribution in [0.3, 0.4) is 0 Å². The van der Waals surface area contributed by atoms with Gasteiger partial charge in [0.2, 0.25) is 6.79 Å². The van der Waals surface area contributed by atoms with Gasteiger partial charge in [0.1, 0.15) is 0 Å². The molecule has 0 bridgehead atoms. The minimum atomic E-state index is -0.313. The number of piperidine rings is 1. The van der Waals surface area contributed by atoms with E-state index >= 15 is 0 Å². The van der Waals surface area contributed by atoms with Crippen molar-refractivity contribution in [3.63, 3.8) is 0 Å². The van der Waals surface area contributed by atoms with Gasteiger partial charge >= 0.3 is 0 Å². The fraction of sp³-hybridized carbons (Fsp3) is 0.350. The molecule has 1 saturated heterocycles. The van der Waals surface area contributed by atoms with Crippen molar-refractivity contribution in [2.24, 2.45) is 0 Å². The second-order valence-electron chi connectivity index (χ2n) is 6.42. The predicted molar refractivity (Wildman–Crippen MR) is 92.8 cm³/mol. The summed E-state index contributed by atoms with van der Waals surface area (Å²) in [5.74, 6) is 1.35. The summed E-state index contributed by atoms with van der Waals surface area (Å²) in [6.45, 7) is 1.54. The maximum Gasteiger partial charge on any atom is 0.253 e. The first kappa shape index (κ1) is 16.0. The Morgan fingerprint density at radius 2 is 1.76 bits per heavy atom. The lowest BCUT2D eigenvalue weighted by Gasteiger charge is -2.41. The minimum Gasteiger partial charge on any atom is -0.454 e. The van der Waals surface area contributed by atoms with E-state index in [1.807, 2.05) is 23.1 Å². The van der Waals surface area contributed by atoms with Gasteiger partial charge in [-0.1, -0.05) is 30.3 Å². The molecule has 2 aliphatic heterocycles. The van der Waals surface area contributed by atoms with Gasteiger partial charge in [-0.25, -0.2) is 0 Å². The Morgan fingerprint density at radius 3 is 2.48 bits per heavy atom. The lowest BCUT2D eigenvalue weighted by Crippen LogP contribution is -2.46. The number of ether oxygens (including phenoxy) is 3. The van der Waals surface area contributed by atoms with Crippen LogP contribution in [0.4, 0.5) is 0 Å². The first-order chi connectivity index (χ1) is 12.2. The summed E-state index contributed by atoms with van der Waals surface area (Å²) in [5.41, 5.74) is 1.49. The number of methoxy groups -OCH3 is 1. The number of rotatable bonds is 3. The van der Waals surface area contributed by atoms with Crippen molar-refractivity contribution in [1.82, 2.24) is 4.90 Å². The van der Waals surface area contributed by atoms with Crippen LogP contribution < -0.4 is 9.47 Å². The second-order valence-corrected chi connectivity index (χ2v) is 6.42. The zero-order chi connectivity index (χ0) is 17.3. The summed E-state index contributed by atoms with van der Waals surface area (Å²) in [6.07, 6.45) is 1.56. The van der Waals surface area contributed by atoms with Gasteiger partial charge in [0, 0.05) is 25.8 Å². The van der Waals surface area contributed by atoms with E-state index in [4.69, 9.17) is 14.2 Å². The molecule has 0 radical (unpaired) electrons. The SMILES string of the molecule is COC1(c2ccccc2)CCN(C(=O)c2ccc3c(c2)OCO3)CC1. The third kappa shape index (κ3) is 2.85. The van der Waals surface area contributed by atoms with Crippen molar-refractivity contribution in [2.75, 3.05) is 27.0 Å². The summed E-state index contributed by atoms with van der Waals surface area (Å²) in [6, 6.07) is 15.6. The van der Waals surface area contributed by atoms with Crippen LogP contribution in [-0.2, 0) is 10.3 Å². The van der Waals surface area contributed by atoms with Gasteiger partial charge in [-0.2, -0.15) is 0 Å². The lowest BCUT2D eigenvalue weighted by molar-refractivity contribution is -0.0574. The molecule has 0 atom stereocenters. The lowest BCUT2D eigenvalue weighted by atomic mass is 9.84. The molecule has 0 aliphatic carbocycles. The number of hydrogen-bond donors (Lipinski definition) is 0. The molecule has 5 nitrogen and oxygen atoms in total. The zero-order valence-corrected chi connectivity index (χ0v) is 14.2. The number of benzene rings is 2.